The molecule has 2 aromatic carbocycles. The van der Waals surface area contributed by atoms with Gasteiger partial charge in [-0.3, -0.25) is 4.79 Å². The van der Waals surface area contributed by atoms with Gasteiger partial charge < -0.3 is 10.6 Å². The third-order valence-electron chi connectivity index (χ3n) is 3.36. The lowest BCUT2D eigenvalue weighted by Crippen LogP contribution is -2.30. The molecule has 0 aliphatic heterocycles. The number of aryl methyl sites for hydroxylation is 1. The summed E-state index contributed by atoms with van der Waals surface area (Å²) in [7, 11) is 0. The molecule has 2 rings (SSSR count). The molecule has 0 saturated carbocycles. The van der Waals surface area contributed by atoms with Crippen molar-refractivity contribution in [3.63, 3.8) is 0 Å². The van der Waals surface area contributed by atoms with Crippen molar-refractivity contribution in [3.8, 4) is 0 Å². The molecule has 21 heavy (non-hydrogen) atoms. The molecule has 0 aliphatic carbocycles. The van der Waals surface area contributed by atoms with Crippen molar-refractivity contribution in [2.75, 3.05) is 11.9 Å². The molecule has 0 radical (unpaired) electrons. The first-order chi connectivity index (χ1) is 10.1. The van der Waals surface area contributed by atoms with Crippen molar-refractivity contribution in [1.29, 1.82) is 0 Å². The van der Waals surface area contributed by atoms with Gasteiger partial charge in [-0.1, -0.05) is 41.9 Å². The molecule has 3 nitrogen and oxygen atoms in total. The normalized spacial score (nSPS) is 12.0. The van der Waals surface area contributed by atoms with Crippen LogP contribution in [0, 0.1) is 6.92 Å². The Bertz CT molecular complexity index is 610. The van der Waals surface area contributed by atoms with Crippen LogP contribution in [0.25, 0.3) is 0 Å². The van der Waals surface area contributed by atoms with Crippen LogP contribution in [0.3, 0.4) is 0 Å². The highest BCUT2D eigenvalue weighted by atomic mass is 35.5. The summed E-state index contributed by atoms with van der Waals surface area (Å²) in [6.45, 7) is 4.25. The monoisotopic (exact) mass is 302 g/mol. The number of para-hydroxylation sites is 1. The van der Waals surface area contributed by atoms with Gasteiger partial charge in [0.05, 0.1) is 6.54 Å². The third-order valence-corrected chi connectivity index (χ3v) is 3.61. The zero-order valence-corrected chi connectivity index (χ0v) is 12.9. The van der Waals surface area contributed by atoms with E-state index in [0.717, 1.165) is 16.8 Å². The Kier molecular flexibility index (Phi) is 5.37. The summed E-state index contributed by atoms with van der Waals surface area (Å²) in [5.74, 6) is -0.0508. The van der Waals surface area contributed by atoms with Crippen molar-refractivity contribution in [2.45, 2.75) is 19.9 Å². The van der Waals surface area contributed by atoms with Gasteiger partial charge in [0.2, 0.25) is 5.91 Å². The van der Waals surface area contributed by atoms with Gasteiger partial charge in [0.25, 0.3) is 0 Å². The Labute approximate surface area is 130 Å². The summed E-state index contributed by atoms with van der Waals surface area (Å²) in [6.07, 6.45) is 0. The number of benzene rings is 2. The summed E-state index contributed by atoms with van der Waals surface area (Å²) in [5, 5.41) is 6.82. The van der Waals surface area contributed by atoms with Crippen LogP contribution in [0.5, 0.6) is 0 Å². The maximum atomic E-state index is 12.0. The molecule has 4 heteroatoms. The Balaban J connectivity index is 1.86. The van der Waals surface area contributed by atoms with Crippen LogP contribution < -0.4 is 10.6 Å². The Morgan fingerprint density at radius 1 is 1.14 bits per heavy atom. The minimum absolute atomic E-state index is 0.0508. The lowest BCUT2D eigenvalue weighted by atomic mass is 10.1. The van der Waals surface area contributed by atoms with E-state index >= 15 is 0 Å². The number of carbonyl (C=O) groups excluding carboxylic acids is 1. The average Bonchev–Trinajstić information content (AvgIpc) is 2.48. The molecular weight excluding hydrogens is 284 g/mol. The predicted molar refractivity (Wildman–Crippen MR) is 87.7 cm³/mol. The summed E-state index contributed by atoms with van der Waals surface area (Å²) in [5.41, 5.74) is 3.00. The van der Waals surface area contributed by atoms with Crippen LogP contribution in [0.1, 0.15) is 24.1 Å². The second kappa shape index (κ2) is 7.25. The van der Waals surface area contributed by atoms with E-state index in [1.165, 1.54) is 0 Å². The SMILES string of the molecule is Cc1ccccc1NC(=O)CN[C@@H](C)c1ccc(Cl)cc1. The lowest BCUT2D eigenvalue weighted by Gasteiger charge is -2.15. The second-order valence-electron chi connectivity index (χ2n) is 5.02. The van der Waals surface area contributed by atoms with E-state index in [2.05, 4.69) is 10.6 Å². The summed E-state index contributed by atoms with van der Waals surface area (Å²) >= 11 is 5.86. The van der Waals surface area contributed by atoms with Gasteiger partial charge in [0.15, 0.2) is 0 Å². The highest BCUT2D eigenvalue weighted by molar-refractivity contribution is 6.30. The van der Waals surface area contributed by atoms with E-state index in [-0.39, 0.29) is 18.5 Å². The van der Waals surface area contributed by atoms with E-state index in [9.17, 15) is 4.79 Å². The molecular formula is C17H19ClN2O. The molecule has 0 unspecified atom stereocenters. The van der Waals surface area contributed by atoms with Gasteiger partial charge in [-0.25, -0.2) is 0 Å². The number of anilines is 1. The highest BCUT2D eigenvalue weighted by Crippen LogP contribution is 2.16. The van der Waals surface area contributed by atoms with Gasteiger partial charge in [0.1, 0.15) is 0 Å². The van der Waals surface area contributed by atoms with Crippen LogP contribution in [-0.4, -0.2) is 12.5 Å². The maximum Gasteiger partial charge on any atom is 0.238 e. The highest BCUT2D eigenvalue weighted by Gasteiger charge is 2.08. The fourth-order valence-corrected chi connectivity index (χ4v) is 2.15. The van der Waals surface area contributed by atoms with Gasteiger partial charge in [-0.15, -0.1) is 0 Å². The predicted octanol–water partition coefficient (Wildman–Crippen LogP) is 3.94. The van der Waals surface area contributed by atoms with Gasteiger partial charge in [0, 0.05) is 16.8 Å². The number of amides is 1. The molecule has 0 spiro atoms. The fourth-order valence-electron chi connectivity index (χ4n) is 2.02. The number of halogens is 1. The summed E-state index contributed by atoms with van der Waals surface area (Å²) in [4.78, 5) is 12.0. The molecule has 2 N–H and O–H groups in total. The van der Waals surface area contributed by atoms with Crippen molar-refractivity contribution >= 4 is 23.2 Å². The van der Waals surface area contributed by atoms with Crippen molar-refractivity contribution < 1.29 is 4.79 Å². The van der Waals surface area contributed by atoms with Gasteiger partial charge in [-0.2, -0.15) is 0 Å². The molecule has 0 fully saturated rings. The van der Waals surface area contributed by atoms with Crippen LogP contribution in [0.15, 0.2) is 48.5 Å². The maximum absolute atomic E-state index is 12.0. The molecule has 2 aromatic rings. The molecule has 1 atom stereocenters. The molecule has 0 bridgehead atoms. The van der Waals surface area contributed by atoms with E-state index in [0.29, 0.717) is 5.02 Å². The lowest BCUT2D eigenvalue weighted by molar-refractivity contribution is -0.115. The van der Waals surface area contributed by atoms with Gasteiger partial charge in [-0.05, 0) is 43.2 Å². The minimum atomic E-state index is -0.0508. The molecule has 0 saturated heterocycles. The molecule has 0 aromatic heterocycles. The summed E-state index contributed by atoms with van der Waals surface area (Å²) in [6, 6.07) is 15.4. The van der Waals surface area contributed by atoms with Crippen molar-refractivity contribution in [2.24, 2.45) is 0 Å². The third kappa shape index (κ3) is 4.59. The average molecular weight is 303 g/mol. The first-order valence-corrected chi connectivity index (χ1v) is 7.28. The number of hydrogen-bond donors (Lipinski definition) is 2. The summed E-state index contributed by atoms with van der Waals surface area (Å²) < 4.78 is 0. The molecule has 0 aliphatic rings. The number of nitrogens with one attached hydrogen (secondary N) is 2. The number of carbonyl (C=O) groups is 1. The smallest absolute Gasteiger partial charge is 0.238 e. The van der Waals surface area contributed by atoms with Crippen LogP contribution >= 0.6 is 11.6 Å². The quantitative estimate of drug-likeness (QED) is 0.878. The van der Waals surface area contributed by atoms with Crippen LogP contribution in [0.2, 0.25) is 5.02 Å². The Morgan fingerprint density at radius 3 is 2.48 bits per heavy atom. The second-order valence-corrected chi connectivity index (χ2v) is 5.45. The largest absolute Gasteiger partial charge is 0.325 e. The number of rotatable bonds is 5. The van der Waals surface area contributed by atoms with E-state index in [1.807, 2.05) is 62.4 Å². The van der Waals surface area contributed by atoms with Crippen LogP contribution in [-0.2, 0) is 4.79 Å². The fraction of sp³-hybridized carbons (Fsp3) is 0.235. The minimum Gasteiger partial charge on any atom is -0.325 e. The first kappa shape index (κ1) is 15.5. The topological polar surface area (TPSA) is 41.1 Å². The zero-order chi connectivity index (χ0) is 15.2. The van der Waals surface area contributed by atoms with Crippen molar-refractivity contribution in [1.82, 2.24) is 5.32 Å². The van der Waals surface area contributed by atoms with Gasteiger partial charge >= 0.3 is 0 Å². The Hall–Kier alpha value is -1.84. The Morgan fingerprint density at radius 2 is 1.81 bits per heavy atom. The zero-order valence-electron chi connectivity index (χ0n) is 12.2. The van der Waals surface area contributed by atoms with E-state index in [1.54, 1.807) is 0 Å². The standard InChI is InChI=1S/C17H19ClN2O/c1-12-5-3-4-6-16(12)20-17(21)11-19-13(2)14-7-9-15(18)10-8-14/h3-10,13,19H,11H2,1-2H3,(H,20,21)/t13-/m0/s1. The molecule has 1 amide bonds. The van der Waals surface area contributed by atoms with E-state index < -0.39 is 0 Å². The molecule has 110 valence electrons. The van der Waals surface area contributed by atoms with E-state index in [4.69, 9.17) is 11.6 Å². The first-order valence-electron chi connectivity index (χ1n) is 6.90. The van der Waals surface area contributed by atoms with Crippen LogP contribution in [0.4, 0.5) is 5.69 Å². The number of hydrogen-bond acceptors (Lipinski definition) is 2. The molecule has 0 heterocycles. The van der Waals surface area contributed by atoms with Crippen molar-refractivity contribution in [3.05, 3.63) is 64.7 Å².